The summed E-state index contributed by atoms with van der Waals surface area (Å²) in [5, 5.41) is 12.0. The molecular weight excluding hydrogens is 288 g/mol. The predicted molar refractivity (Wildman–Crippen MR) is 90.5 cm³/mol. The van der Waals surface area contributed by atoms with Crippen molar-refractivity contribution in [2.45, 2.75) is 31.0 Å². The van der Waals surface area contributed by atoms with E-state index in [-0.39, 0.29) is 6.04 Å². The summed E-state index contributed by atoms with van der Waals surface area (Å²) in [6, 6.07) is 8.37. The number of piperidine rings is 1. The minimum Gasteiger partial charge on any atom is -0.497 e. The molecule has 23 heavy (non-hydrogen) atoms. The molecule has 120 valence electrons. The maximum Gasteiger partial charge on any atom is 0.119 e. The van der Waals surface area contributed by atoms with Crippen molar-refractivity contribution in [3.05, 3.63) is 48.7 Å². The smallest absolute Gasteiger partial charge is 0.119 e. The van der Waals surface area contributed by atoms with Gasteiger partial charge in [0, 0.05) is 17.6 Å². The van der Waals surface area contributed by atoms with E-state index >= 15 is 0 Å². The van der Waals surface area contributed by atoms with Gasteiger partial charge in [-0.15, -0.1) is 6.58 Å². The van der Waals surface area contributed by atoms with E-state index < -0.39 is 6.10 Å². The maximum atomic E-state index is 11.0. The number of aromatic nitrogens is 1. The highest BCUT2D eigenvalue weighted by Crippen LogP contribution is 2.47. The first-order valence-electron chi connectivity index (χ1n) is 8.23. The average molecular weight is 310 g/mol. The van der Waals surface area contributed by atoms with E-state index in [0.29, 0.717) is 12.0 Å². The van der Waals surface area contributed by atoms with E-state index in [2.05, 4.69) is 22.5 Å². The molecule has 2 aliphatic rings. The van der Waals surface area contributed by atoms with Gasteiger partial charge >= 0.3 is 0 Å². The zero-order valence-corrected chi connectivity index (χ0v) is 13.4. The number of hydrogen-bond acceptors (Lipinski definition) is 4. The van der Waals surface area contributed by atoms with Crippen LogP contribution >= 0.6 is 0 Å². The standard InChI is InChI=1S/C19H22N2O2/c1-3-12-5-4-10-21-17(12)18(21)19(22)14-8-9-20-16-7-6-13(23-2)11-15(14)16/h3,6-9,11-12,17-19,22H,1,4-5,10H2,2H3/t12-,17-,18?,19?,21?/m1/s1. The van der Waals surface area contributed by atoms with Crippen molar-refractivity contribution in [3.63, 3.8) is 0 Å². The number of pyridine rings is 1. The SMILES string of the molecule is C=C[C@@H]1CCCN2C(C(O)c3ccnc4ccc(OC)cc34)[C@@H]12. The average Bonchev–Trinajstić information content (AvgIpc) is 3.34. The molecule has 0 saturated carbocycles. The summed E-state index contributed by atoms with van der Waals surface area (Å²) < 4.78 is 5.33. The van der Waals surface area contributed by atoms with E-state index in [0.717, 1.165) is 28.8 Å². The Hall–Kier alpha value is -1.91. The Morgan fingerprint density at radius 1 is 1.43 bits per heavy atom. The molecule has 1 aromatic carbocycles. The van der Waals surface area contributed by atoms with Crippen LogP contribution in [-0.4, -0.2) is 40.7 Å². The zero-order valence-electron chi connectivity index (χ0n) is 13.4. The van der Waals surface area contributed by atoms with Gasteiger partial charge < -0.3 is 9.84 Å². The lowest BCUT2D eigenvalue weighted by Crippen LogP contribution is -2.18. The van der Waals surface area contributed by atoms with Crippen LogP contribution in [-0.2, 0) is 0 Å². The molecule has 0 spiro atoms. The molecule has 2 saturated heterocycles. The Kier molecular flexibility index (Phi) is 3.58. The van der Waals surface area contributed by atoms with Crippen LogP contribution in [0.1, 0.15) is 24.5 Å². The quantitative estimate of drug-likeness (QED) is 0.697. The highest BCUT2D eigenvalue weighted by atomic mass is 16.5. The molecule has 4 rings (SSSR count). The normalized spacial score (nSPS) is 30.5. The van der Waals surface area contributed by atoms with Gasteiger partial charge in [-0.1, -0.05) is 6.08 Å². The molecule has 0 bridgehead atoms. The molecule has 4 nitrogen and oxygen atoms in total. The molecule has 2 aliphatic heterocycles. The van der Waals surface area contributed by atoms with E-state index in [4.69, 9.17) is 4.74 Å². The molecule has 4 heteroatoms. The Bertz CT molecular complexity index is 745. The van der Waals surface area contributed by atoms with Crippen molar-refractivity contribution in [2.75, 3.05) is 13.7 Å². The second kappa shape index (κ2) is 5.62. The Morgan fingerprint density at radius 3 is 3.09 bits per heavy atom. The van der Waals surface area contributed by atoms with Crippen molar-refractivity contribution < 1.29 is 9.84 Å². The molecule has 3 unspecified atom stereocenters. The maximum absolute atomic E-state index is 11.0. The van der Waals surface area contributed by atoms with Gasteiger partial charge in [0.15, 0.2) is 0 Å². The molecule has 0 aliphatic carbocycles. The second-order valence-corrected chi connectivity index (χ2v) is 6.49. The number of fused-ring (bicyclic) bond motifs is 2. The Morgan fingerprint density at radius 2 is 2.30 bits per heavy atom. The van der Waals surface area contributed by atoms with E-state index in [9.17, 15) is 5.11 Å². The van der Waals surface area contributed by atoms with Crippen molar-refractivity contribution in [2.24, 2.45) is 5.92 Å². The van der Waals surface area contributed by atoms with Gasteiger partial charge in [0.2, 0.25) is 0 Å². The predicted octanol–water partition coefficient (Wildman–Crippen LogP) is 2.93. The van der Waals surface area contributed by atoms with Crippen molar-refractivity contribution in [1.29, 1.82) is 0 Å². The number of nitrogens with zero attached hydrogens (tertiary/aromatic N) is 2. The summed E-state index contributed by atoms with van der Waals surface area (Å²) in [7, 11) is 1.66. The number of methoxy groups -OCH3 is 1. The molecule has 3 heterocycles. The molecular formula is C19H22N2O2. The van der Waals surface area contributed by atoms with E-state index in [1.807, 2.05) is 24.3 Å². The first kappa shape index (κ1) is 14.7. The van der Waals surface area contributed by atoms with Crippen LogP contribution in [0.25, 0.3) is 10.9 Å². The largest absolute Gasteiger partial charge is 0.497 e. The number of aliphatic hydroxyl groups is 1. The topological polar surface area (TPSA) is 45.4 Å². The Labute approximate surface area is 136 Å². The lowest BCUT2D eigenvalue weighted by atomic mass is 9.92. The van der Waals surface area contributed by atoms with Crippen LogP contribution in [0.3, 0.4) is 0 Å². The van der Waals surface area contributed by atoms with Gasteiger partial charge in [0.05, 0.1) is 24.8 Å². The number of rotatable bonds is 4. The summed E-state index contributed by atoms with van der Waals surface area (Å²) >= 11 is 0. The number of hydrogen-bond donors (Lipinski definition) is 1. The summed E-state index contributed by atoms with van der Waals surface area (Å²) in [6.07, 6.45) is 5.69. The zero-order chi connectivity index (χ0) is 16.0. The second-order valence-electron chi connectivity index (χ2n) is 6.49. The fourth-order valence-electron chi connectivity index (χ4n) is 4.14. The van der Waals surface area contributed by atoms with E-state index in [1.165, 1.54) is 12.8 Å². The summed E-state index contributed by atoms with van der Waals surface area (Å²) in [5.41, 5.74) is 1.83. The lowest BCUT2D eigenvalue weighted by Gasteiger charge is -2.17. The van der Waals surface area contributed by atoms with Gasteiger partial charge in [-0.05, 0) is 55.1 Å². The van der Waals surface area contributed by atoms with Crippen molar-refractivity contribution in [1.82, 2.24) is 9.88 Å². The first-order chi connectivity index (χ1) is 11.2. The van der Waals surface area contributed by atoms with Crippen LogP contribution in [0.5, 0.6) is 5.75 Å². The minimum absolute atomic E-state index is 0.192. The fraction of sp³-hybridized carbons (Fsp3) is 0.421. The summed E-state index contributed by atoms with van der Waals surface area (Å²) in [6.45, 7) is 5.04. The van der Waals surface area contributed by atoms with Crippen LogP contribution in [0.4, 0.5) is 0 Å². The molecule has 0 amide bonds. The van der Waals surface area contributed by atoms with Gasteiger partial charge in [-0.25, -0.2) is 0 Å². The third kappa shape index (κ3) is 2.33. The number of ether oxygens (including phenoxy) is 1. The molecule has 2 fully saturated rings. The van der Waals surface area contributed by atoms with E-state index in [1.54, 1.807) is 13.3 Å². The summed E-state index contributed by atoms with van der Waals surface area (Å²) in [5.74, 6) is 1.28. The minimum atomic E-state index is -0.502. The lowest BCUT2D eigenvalue weighted by molar-refractivity contribution is 0.159. The summed E-state index contributed by atoms with van der Waals surface area (Å²) in [4.78, 5) is 6.81. The van der Waals surface area contributed by atoms with Gasteiger partial charge in [-0.3, -0.25) is 9.88 Å². The van der Waals surface area contributed by atoms with Crippen LogP contribution < -0.4 is 4.74 Å². The van der Waals surface area contributed by atoms with Gasteiger partial charge in [0.25, 0.3) is 0 Å². The van der Waals surface area contributed by atoms with Crippen molar-refractivity contribution >= 4 is 10.9 Å². The molecule has 5 atom stereocenters. The van der Waals surface area contributed by atoms with Crippen molar-refractivity contribution in [3.8, 4) is 5.75 Å². The van der Waals surface area contributed by atoms with Gasteiger partial charge in [-0.2, -0.15) is 0 Å². The molecule has 1 aromatic heterocycles. The molecule has 0 radical (unpaired) electrons. The molecule has 1 N–H and O–H groups in total. The highest BCUT2D eigenvalue weighted by Gasteiger charge is 2.56. The Balaban J connectivity index is 1.70. The third-order valence-electron chi connectivity index (χ3n) is 5.35. The third-order valence-corrected chi connectivity index (χ3v) is 5.35. The number of aliphatic hydroxyl groups excluding tert-OH is 1. The van der Waals surface area contributed by atoms with Crippen LogP contribution in [0.15, 0.2) is 43.1 Å². The monoisotopic (exact) mass is 310 g/mol. The highest BCUT2D eigenvalue weighted by molar-refractivity contribution is 5.84. The van der Waals surface area contributed by atoms with Crippen LogP contribution in [0, 0.1) is 5.92 Å². The van der Waals surface area contributed by atoms with Gasteiger partial charge in [0.1, 0.15) is 5.75 Å². The van der Waals surface area contributed by atoms with Crippen LogP contribution in [0.2, 0.25) is 0 Å². The number of benzene rings is 1. The molecule has 2 aromatic rings. The fourth-order valence-corrected chi connectivity index (χ4v) is 4.14. The first-order valence-corrected chi connectivity index (χ1v) is 8.23.